The number of benzene rings is 2. The van der Waals surface area contributed by atoms with E-state index in [4.69, 9.17) is 9.47 Å². The largest absolute Gasteiger partial charge is 0.454 e. The Kier molecular flexibility index (Phi) is 6.15. The van der Waals surface area contributed by atoms with Gasteiger partial charge in [-0.25, -0.2) is 0 Å². The molecule has 2 aliphatic heterocycles. The zero-order valence-electron chi connectivity index (χ0n) is 17.1. The van der Waals surface area contributed by atoms with E-state index in [2.05, 4.69) is 22.8 Å². The smallest absolute Gasteiger partial charge is 0.279 e. The van der Waals surface area contributed by atoms with Crippen molar-refractivity contribution in [1.29, 1.82) is 0 Å². The summed E-state index contributed by atoms with van der Waals surface area (Å²) in [7, 11) is 0. The number of hydrogen-bond acceptors (Lipinski definition) is 4. The summed E-state index contributed by atoms with van der Waals surface area (Å²) in [6, 6.07) is 13.3. The second-order valence-corrected chi connectivity index (χ2v) is 7.85. The molecule has 158 valence electrons. The van der Waals surface area contributed by atoms with Crippen LogP contribution in [0, 0.1) is 0 Å². The Morgan fingerprint density at radius 1 is 0.867 bits per heavy atom. The number of quaternary nitrogens is 2. The minimum Gasteiger partial charge on any atom is -0.454 e. The molecule has 0 radical (unpaired) electrons. The van der Waals surface area contributed by atoms with Gasteiger partial charge in [-0.2, -0.15) is 0 Å². The SMILES string of the molecule is CC(=O)Nc1ccc(NC(=O)C[NH+]2CC[NH+](Cc3ccc4c(c3)OCO4)CC2)cc1. The lowest BCUT2D eigenvalue weighted by molar-refractivity contribution is -1.02. The van der Waals surface area contributed by atoms with Crippen LogP contribution >= 0.6 is 0 Å². The molecule has 30 heavy (non-hydrogen) atoms. The second-order valence-electron chi connectivity index (χ2n) is 7.85. The summed E-state index contributed by atoms with van der Waals surface area (Å²) in [6.07, 6.45) is 0. The maximum atomic E-state index is 12.4. The first-order valence-corrected chi connectivity index (χ1v) is 10.3. The van der Waals surface area contributed by atoms with Gasteiger partial charge in [0.1, 0.15) is 32.7 Å². The fourth-order valence-electron chi connectivity index (χ4n) is 3.92. The van der Waals surface area contributed by atoms with E-state index in [-0.39, 0.29) is 11.8 Å². The Balaban J connectivity index is 1.20. The molecule has 2 heterocycles. The lowest BCUT2D eigenvalue weighted by Gasteiger charge is -2.29. The molecular weight excluding hydrogens is 384 g/mol. The van der Waals surface area contributed by atoms with E-state index in [0.29, 0.717) is 19.0 Å². The Labute approximate surface area is 175 Å². The first-order valence-electron chi connectivity index (χ1n) is 10.3. The van der Waals surface area contributed by atoms with Gasteiger partial charge in [-0.05, 0) is 42.5 Å². The number of anilines is 2. The number of hydrogen-bond donors (Lipinski definition) is 4. The van der Waals surface area contributed by atoms with Gasteiger partial charge in [-0.1, -0.05) is 0 Å². The van der Waals surface area contributed by atoms with Crippen molar-refractivity contribution in [2.24, 2.45) is 0 Å². The molecule has 0 saturated carbocycles. The van der Waals surface area contributed by atoms with E-state index in [1.54, 1.807) is 24.3 Å². The van der Waals surface area contributed by atoms with E-state index < -0.39 is 0 Å². The van der Waals surface area contributed by atoms with Crippen LogP contribution in [0.25, 0.3) is 0 Å². The number of nitrogens with one attached hydrogen (secondary N) is 4. The van der Waals surface area contributed by atoms with Crippen LogP contribution in [0.4, 0.5) is 11.4 Å². The summed E-state index contributed by atoms with van der Waals surface area (Å²) in [5.74, 6) is 1.54. The molecule has 1 fully saturated rings. The fraction of sp³-hybridized carbons (Fsp3) is 0.364. The highest BCUT2D eigenvalue weighted by Gasteiger charge is 2.25. The zero-order valence-corrected chi connectivity index (χ0v) is 17.1. The second kappa shape index (κ2) is 9.15. The van der Waals surface area contributed by atoms with Crippen molar-refractivity contribution in [1.82, 2.24) is 0 Å². The van der Waals surface area contributed by atoms with Crippen LogP contribution in [0.15, 0.2) is 42.5 Å². The molecular formula is C22H28N4O4+2. The Hall–Kier alpha value is -3.10. The monoisotopic (exact) mass is 412 g/mol. The number of rotatable bonds is 6. The Morgan fingerprint density at radius 3 is 2.20 bits per heavy atom. The van der Waals surface area contributed by atoms with Crippen molar-refractivity contribution < 1.29 is 28.9 Å². The minimum absolute atomic E-state index is 0.0106. The van der Waals surface area contributed by atoms with E-state index in [1.807, 2.05) is 6.07 Å². The molecule has 8 nitrogen and oxygen atoms in total. The molecule has 1 saturated heterocycles. The highest BCUT2D eigenvalue weighted by atomic mass is 16.7. The molecule has 0 aromatic heterocycles. The van der Waals surface area contributed by atoms with Crippen LogP contribution < -0.4 is 29.9 Å². The summed E-state index contributed by atoms with van der Waals surface area (Å²) >= 11 is 0. The first kappa shape index (κ1) is 20.2. The average Bonchev–Trinajstić information content (AvgIpc) is 3.18. The lowest BCUT2D eigenvalue weighted by atomic mass is 10.1. The summed E-state index contributed by atoms with van der Waals surface area (Å²) in [6.45, 7) is 7.18. The molecule has 2 amide bonds. The van der Waals surface area contributed by atoms with Gasteiger partial charge >= 0.3 is 0 Å². The quantitative estimate of drug-likeness (QED) is 0.505. The summed E-state index contributed by atoms with van der Waals surface area (Å²) in [4.78, 5) is 26.3. The van der Waals surface area contributed by atoms with Gasteiger partial charge in [0.15, 0.2) is 18.0 Å². The summed E-state index contributed by atoms with van der Waals surface area (Å²) < 4.78 is 10.8. The highest BCUT2D eigenvalue weighted by Crippen LogP contribution is 2.32. The van der Waals surface area contributed by atoms with Crippen LogP contribution in [0.2, 0.25) is 0 Å². The van der Waals surface area contributed by atoms with Crippen LogP contribution in [0.3, 0.4) is 0 Å². The van der Waals surface area contributed by atoms with Crippen molar-refractivity contribution in [3.63, 3.8) is 0 Å². The first-order chi connectivity index (χ1) is 14.5. The fourth-order valence-corrected chi connectivity index (χ4v) is 3.92. The minimum atomic E-state index is -0.116. The van der Waals surface area contributed by atoms with E-state index in [0.717, 1.165) is 49.9 Å². The normalized spacial score (nSPS) is 19.9. The molecule has 2 aromatic carbocycles. The van der Waals surface area contributed by atoms with Crippen LogP contribution in [-0.4, -0.2) is 51.3 Å². The summed E-state index contributed by atoms with van der Waals surface area (Å²) in [5, 5.41) is 5.65. The van der Waals surface area contributed by atoms with Crippen molar-refractivity contribution in [3.05, 3.63) is 48.0 Å². The highest BCUT2D eigenvalue weighted by molar-refractivity contribution is 5.92. The molecule has 0 bridgehead atoms. The van der Waals surface area contributed by atoms with Gasteiger partial charge in [-0.15, -0.1) is 0 Å². The Bertz CT molecular complexity index is 908. The van der Waals surface area contributed by atoms with E-state index in [1.165, 1.54) is 22.3 Å². The van der Waals surface area contributed by atoms with Gasteiger partial charge in [0, 0.05) is 23.9 Å². The maximum absolute atomic E-state index is 12.4. The third kappa shape index (κ3) is 5.28. The number of carbonyl (C=O) groups excluding carboxylic acids is 2. The number of piperazine rings is 1. The molecule has 0 unspecified atom stereocenters. The topological polar surface area (TPSA) is 85.5 Å². The van der Waals surface area contributed by atoms with Gasteiger partial charge in [0.2, 0.25) is 12.7 Å². The number of ether oxygens (including phenoxy) is 2. The number of fused-ring (bicyclic) bond motifs is 1. The number of amides is 2. The molecule has 0 spiro atoms. The number of carbonyl (C=O) groups is 2. The molecule has 0 aliphatic carbocycles. The lowest BCUT2D eigenvalue weighted by Crippen LogP contribution is -3.28. The third-order valence-electron chi connectivity index (χ3n) is 5.45. The average molecular weight is 412 g/mol. The predicted molar refractivity (Wildman–Crippen MR) is 112 cm³/mol. The molecule has 0 atom stereocenters. The predicted octanol–water partition coefficient (Wildman–Crippen LogP) is -0.704. The molecule has 4 N–H and O–H groups in total. The van der Waals surface area contributed by atoms with Crippen LogP contribution in [-0.2, 0) is 16.1 Å². The van der Waals surface area contributed by atoms with Crippen molar-refractivity contribution >= 4 is 23.2 Å². The third-order valence-corrected chi connectivity index (χ3v) is 5.45. The van der Waals surface area contributed by atoms with Crippen LogP contribution in [0.1, 0.15) is 12.5 Å². The molecule has 4 rings (SSSR count). The van der Waals surface area contributed by atoms with Gasteiger partial charge in [0.25, 0.3) is 5.91 Å². The summed E-state index contributed by atoms with van der Waals surface area (Å²) in [5.41, 5.74) is 2.70. The molecule has 8 heteroatoms. The standard InChI is InChI=1S/C22H26N4O4/c1-16(27)23-18-3-5-19(6-4-18)24-22(28)14-26-10-8-25(9-11-26)13-17-2-7-20-21(12-17)30-15-29-20/h2-7,12H,8-11,13-15H2,1H3,(H,23,27)(H,24,28)/p+2. The van der Waals surface area contributed by atoms with Gasteiger partial charge in [0.05, 0.1) is 0 Å². The van der Waals surface area contributed by atoms with Gasteiger partial charge in [-0.3, -0.25) is 9.59 Å². The Morgan fingerprint density at radius 2 is 1.50 bits per heavy atom. The zero-order chi connectivity index (χ0) is 20.9. The van der Waals surface area contributed by atoms with E-state index >= 15 is 0 Å². The van der Waals surface area contributed by atoms with Crippen molar-refractivity contribution in [2.75, 3.05) is 50.2 Å². The van der Waals surface area contributed by atoms with Crippen molar-refractivity contribution in [2.45, 2.75) is 13.5 Å². The van der Waals surface area contributed by atoms with Gasteiger partial charge < -0.3 is 29.9 Å². The van der Waals surface area contributed by atoms with Crippen LogP contribution in [0.5, 0.6) is 11.5 Å². The molecule has 2 aromatic rings. The molecule has 2 aliphatic rings. The van der Waals surface area contributed by atoms with Crippen molar-refractivity contribution in [3.8, 4) is 11.5 Å². The van der Waals surface area contributed by atoms with E-state index in [9.17, 15) is 9.59 Å². The maximum Gasteiger partial charge on any atom is 0.279 e.